The summed E-state index contributed by atoms with van der Waals surface area (Å²) < 4.78 is 0. The molecule has 0 aromatic heterocycles. The van der Waals surface area contributed by atoms with Gasteiger partial charge in [-0.25, -0.2) is 0 Å². The van der Waals surface area contributed by atoms with Crippen molar-refractivity contribution in [2.45, 2.75) is 34.2 Å². The first-order valence-corrected chi connectivity index (χ1v) is 7.40. The molecule has 0 spiro atoms. The molecule has 0 aliphatic rings. The van der Waals surface area contributed by atoms with Crippen molar-refractivity contribution in [3.63, 3.8) is 0 Å². The van der Waals surface area contributed by atoms with Crippen LogP contribution < -0.4 is 5.73 Å². The van der Waals surface area contributed by atoms with Crippen molar-refractivity contribution in [1.29, 1.82) is 0 Å². The lowest BCUT2D eigenvalue weighted by molar-refractivity contribution is 0.211. The minimum atomic E-state index is 0.473. The highest BCUT2D eigenvalue weighted by Gasteiger charge is 2.10. The number of nitrogens with zero attached hydrogens (tertiary/aromatic N) is 1. The second kappa shape index (κ2) is 7.61. The van der Waals surface area contributed by atoms with Gasteiger partial charge >= 0.3 is 0 Å². The van der Waals surface area contributed by atoms with Crippen LogP contribution in [-0.4, -0.2) is 23.0 Å². The molecule has 0 atom stereocenters. The van der Waals surface area contributed by atoms with E-state index < -0.39 is 0 Å². The Bertz CT molecular complexity index is 403. The van der Waals surface area contributed by atoms with Gasteiger partial charge in [0.2, 0.25) is 0 Å². The van der Waals surface area contributed by atoms with Crippen LogP contribution in [0.15, 0.2) is 24.3 Å². The van der Waals surface area contributed by atoms with Crippen molar-refractivity contribution >= 4 is 17.2 Å². The topological polar surface area (TPSA) is 29.3 Å². The molecule has 0 aliphatic heterocycles. The van der Waals surface area contributed by atoms with Gasteiger partial charge in [-0.1, -0.05) is 58.1 Å². The zero-order chi connectivity index (χ0) is 14.4. The molecule has 0 unspecified atom stereocenters. The lowest BCUT2D eigenvalue weighted by Gasteiger charge is -2.26. The van der Waals surface area contributed by atoms with Gasteiger partial charge in [0.15, 0.2) is 0 Å². The zero-order valence-electron chi connectivity index (χ0n) is 12.5. The zero-order valence-corrected chi connectivity index (χ0v) is 13.3. The van der Waals surface area contributed by atoms with Crippen molar-refractivity contribution < 1.29 is 0 Å². The number of hydrogen-bond acceptors (Lipinski definition) is 2. The molecule has 19 heavy (non-hydrogen) atoms. The van der Waals surface area contributed by atoms with Crippen LogP contribution in [0.5, 0.6) is 0 Å². The Balaban J connectivity index is 2.77. The summed E-state index contributed by atoms with van der Waals surface area (Å²) in [6, 6.07) is 8.26. The molecule has 0 radical (unpaired) electrons. The third-order valence-corrected chi connectivity index (χ3v) is 3.10. The molecule has 0 fully saturated rings. The van der Waals surface area contributed by atoms with Gasteiger partial charge in [0, 0.05) is 25.2 Å². The van der Waals surface area contributed by atoms with Gasteiger partial charge in [0.25, 0.3) is 0 Å². The molecule has 0 bridgehead atoms. The summed E-state index contributed by atoms with van der Waals surface area (Å²) in [5.74, 6) is 1.36. The Morgan fingerprint density at radius 2 is 1.74 bits per heavy atom. The van der Waals surface area contributed by atoms with Crippen LogP contribution >= 0.6 is 12.2 Å². The average Bonchev–Trinajstić information content (AvgIpc) is 2.27. The highest BCUT2D eigenvalue weighted by molar-refractivity contribution is 7.80. The Labute approximate surface area is 123 Å². The smallest absolute Gasteiger partial charge is 0.103 e. The van der Waals surface area contributed by atoms with Gasteiger partial charge in [0.05, 0.1) is 0 Å². The Kier molecular flexibility index (Phi) is 6.46. The number of benzene rings is 1. The molecular formula is C16H26N2S. The van der Waals surface area contributed by atoms with E-state index in [1.54, 1.807) is 0 Å². The lowest BCUT2D eigenvalue weighted by Crippen LogP contribution is -2.31. The van der Waals surface area contributed by atoms with Crippen molar-refractivity contribution in [3.05, 3.63) is 35.4 Å². The quantitative estimate of drug-likeness (QED) is 0.775. The summed E-state index contributed by atoms with van der Waals surface area (Å²) in [6.45, 7) is 12.3. The number of thiocarbonyl (C=S) groups is 1. The Morgan fingerprint density at radius 1 is 1.16 bits per heavy atom. The Morgan fingerprint density at radius 3 is 2.21 bits per heavy atom. The van der Waals surface area contributed by atoms with E-state index in [2.05, 4.69) is 44.7 Å². The summed E-state index contributed by atoms with van der Waals surface area (Å²) in [5, 5.41) is 0. The van der Waals surface area contributed by atoms with Gasteiger partial charge < -0.3 is 5.73 Å². The first kappa shape index (κ1) is 16.1. The molecule has 0 saturated carbocycles. The highest BCUT2D eigenvalue weighted by atomic mass is 32.1. The van der Waals surface area contributed by atoms with Gasteiger partial charge in [-0.2, -0.15) is 0 Å². The summed E-state index contributed by atoms with van der Waals surface area (Å²) in [4.78, 5) is 2.98. The molecule has 1 aromatic carbocycles. The van der Waals surface area contributed by atoms with E-state index >= 15 is 0 Å². The molecule has 0 heterocycles. The van der Waals surface area contributed by atoms with Crippen LogP contribution in [0.4, 0.5) is 0 Å². The third-order valence-electron chi connectivity index (χ3n) is 2.86. The molecule has 0 aliphatic carbocycles. The minimum Gasteiger partial charge on any atom is -0.389 e. The molecular weight excluding hydrogens is 252 g/mol. The van der Waals surface area contributed by atoms with Crippen molar-refractivity contribution in [1.82, 2.24) is 4.90 Å². The summed E-state index contributed by atoms with van der Waals surface area (Å²) in [5.41, 5.74) is 7.94. The fourth-order valence-electron chi connectivity index (χ4n) is 2.32. The van der Waals surface area contributed by atoms with Crippen molar-refractivity contribution in [2.75, 3.05) is 13.1 Å². The summed E-state index contributed by atoms with van der Waals surface area (Å²) in [7, 11) is 0. The van der Waals surface area contributed by atoms with Crippen molar-refractivity contribution in [3.8, 4) is 0 Å². The van der Waals surface area contributed by atoms with Gasteiger partial charge in [-0.05, 0) is 23.5 Å². The molecule has 2 nitrogen and oxygen atoms in total. The van der Waals surface area contributed by atoms with E-state index in [1.807, 2.05) is 12.1 Å². The number of rotatable bonds is 7. The predicted octanol–water partition coefficient (Wildman–Crippen LogP) is 3.43. The first-order valence-electron chi connectivity index (χ1n) is 6.99. The average molecular weight is 278 g/mol. The second-order valence-corrected chi connectivity index (χ2v) is 6.49. The van der Waals surface area contributed by atoms with E-state index in [0.29, 0.717) is 16.8 Å². The van der Waals surface area contributed by atoms with Crippen molar-refractivity contribution in [2.24, 2.45) is 17.6 Å². The van der Waals surface area contributed by atoms with Crippen LogP contribution in [-0.2, 0) is 6.54 Å². The standard InChI is InChI=1S/C16H26N2S/c1-12(2)9-18(10-13(3)4)11-14-6-5-7-15(8-14)16(17)19/h5-8,12-13H,9-11H2,1-4H3,(H2,17,19). The minimum absolute atomic E-state index is 0.473. The largest absolute Gasteiger partial charge is 0.389 e. The number of hydrogen-bond donors (Lipinski definition) is 1. The maximum atomic E-state index is 5.69. The third kappa shape index (κ3) is 6.17. The highest BCUT2D eigenvalue weighted by Crippen LogP contribution is 2.12. The van der Waals surface area contributed by atoms with E-state index in [-0.39, 0.29) is 0 Å². The fraction of sp³-hybridized carbons (Fsp3) is 0.562. The van der Waals surface area contributed by atoms with Crippen LogP contribution in [0.25, 0.3) is 0 Å². The van der Waals surface area contributed by atoms with Crippen LogP contribution in [0.1, 0.15) is 38.8 Å². The maximum Gasteiger partial charge on any atom is 0.103 e. The molecule has 106 valence electrons. The monoisotopic (exact) mass is 278 g/mol. The SMILES string of the molecule is CC(C)CN(Cc1cccc(C(N)=S)c1)CC(C)C. The van der Waals surface area contributed by atoms with E-state index in [0.717, 1.165) is 25.2 Å². The molecule has 0 amide bonds. The second-order valence-electron chi connectivity index (χ2n) is 6.05. The first-order chi connectivity index (χ1) is 8.88. The number of nitrogens with two attached hydrogens (primary N) is 1. The van der Waals surface area contributed by atoms with Crippen LogP contribution in [0, 0.1) is 11.8 Å². The predicted molar refractivity (Wildman–Crippen MR) is 87.3 cm³/mol. The van der Waals surface area contributed by atoms with E-state index in [4.69, 9.17) is 18.0 Å². The fourth-order valence-corrected chi connectivity index (χ4v) is 2.44. The molecule has 1 rings (SSSR count). The molecule has 1 aromatic rings. The summed E-state index contributed by atoms with van der Waals surface area (Å²) in [6.07, 6.45) is 0. The van der Waals surface area contributed by atoms with Crippen LogP contribution in [0.3, 0.4) is 0 Å². The van der Waals surface area contributed by atoms with E-state index in [1.165, 1.54) is 5.56 Å². The molecule has 0 saturated heterocycles. The van der Waals surface area contributed by atoms with Gasteiger partial charge in [-0.3, -0.25) is 4.90 Å². The van der Waals surface area contributed by atoms with E-state index in [9.17, 15) is 0 Å². The van der Waals surface area contributed by atoms with Crippen LogP contribution in [0.2, 0.25) is 0 Å². The molecule has 3 heteroatoms. The van der Waals surface area contributed by atoms with Gasteiger partial charge in [-0.15, -0.1) is 0 Å². The summed E-state index contributed by atoms with van der Waals surface area (Å²) >= 11 is 5.04. The van der Waals surface area contributed by atoms with Gasteiger partial charge in [0.1, 0.15) is 4.99 Å². The Hall–Kier alpha value is -0.930. The lowest BCUT2D eigenvalue weighted by atomic mass is 10.1. The molecule has 2 N–H and O–H groups in total. The normalized spacial score (nSPS) is 11.5. The maximum absolute atomic E-state index is 5.69.